The molecule has 16 nitrogen and oxygen atoms in total. The molecule has 1 aliphatic carbocycles. The van der Waals surface area contributed by atoms with Crippen molar-refractivity contribution in [3.05, 3.63) is 53.1 Å². The second-order valence-electron chi connectivity index (χ2n) is 15.0. The first-order chi connectivity index (χ1) is 27.8. The first-order valence-electron chi connectivity index (χ1n) is 20.3. The zero-order chi connectivity index (χ0) is 40.0. The zero-order valence-electron chi connectivity index (χ0n) is 32.8. The van der Waals surface area contributed by atoms with Crippen LogP contribution in [-0.2, 0) is 35.1 Å². The summed E-state index contributed by atoms with van der Waals surface area (Å²) >= 11 is 0. The first kappa shape index (κ1) is 42.4. The van der Waals surface area contributed by atoms with E-state index in [1.54, 1.807) is 6.07 Å². The van der Waals surface area contributed by atoms with Crippen molar-refractivity contribution in [1.82, 2.24) is 20.0 Å². The van der Waals surface area contributed by atoms with Crippen LogP contribution in [0.25, 0.3) is 0 Å². The molecule has 6 rings (SSSR count). The maximum Gasteiger partial charge on any atom is 0.262 e. The zero-order valence-corrected chi connectivity index (χ0v) is 32.8. The number of piperazine rings is 1. The monoisotopic (exact) mass is 794 g/mol. The number of nitrogens with two attached hydrogens (primary N) is 1. The SMILES string of the molecule is Nc1cc(CN2CCN(CCOCCOCCOCCOCCOc3ccc4c(c3)C(=O)N(C3CCC(=O)NC3=O)C4=O)CC2)ccc1NC1CCC(CO)CC1. The Morgan fingerprint density at radius 3 is 2.00 bits per heavy atom. The van der Waals surface area contributed by atoms with E-state index >= 15 is 0 Å². The van der Waals surface area contributed by atoms with Crippen molar-refractivity contribution in [2.45, 2.75) is 57.2 Å². The van der Waals surface area contributed by atoms with Crippen molar-refractivity contribution in [2.24, 2.45) is 5.92 Å². The summed E-state index contributed by atoms with van der Waals surface area (Å²) in [7, 11) is 0. The van der Waals surface area contributed by atoms with Crippen molar-refractivity contribution < 1.29 is 48.0 Å². The standard InChI is InChI=1S/C41H58N6O10/c42-35-25-30(3-8-36(35)43-31-4-1-29(28-48)2-5-31)27-46-13-11-45(12-14-46)15-16-53-17-18-54-19-20-55-21-22-56-23-24-57-32-6-7-33-34(26-32)41(52)47(40(33)51)37-9-10-38(49)44-39(37)50/h3,6-8,25-26,29,31,37,43,48H,1-2,4-5,9-24,27-28,42H2,(H,44,49,50). The quantitative estimate of drug-likeness (QED) is 0.0767. The van der Waals surface area contributed by atoms with Gasteiger partial charge in [0.05, 0.1) is 75.4 Å². The predicted molar refractivity (Wildman–Crippen MR) is 211 cm³/mol. The fourth-order valence-corrected chi connectivity index (χ4v) is 7.69. The maximum absolute atomic E-state index is 13.0. The summed E-state index contributed by atoms with van der Waals surface area (Å²) in [5, 5.41) is 15.2. The summed E-state index contributed by atoms with van der Waals surface area (Å²) in [5.41, 5.74) is 9.84. The summed E-state index contributed by atoms with van der Waals surface area (Å²) in [4.78, 5) is 55.4. The summed E-state index contributed by atoms with van der Waals surface area (Å²) in [5.74, 6) is -1.35. The molecule has 3 fully saturated rings. The number of benzene rings is 2. The van der Waals surface area contributed by atoms with Gasteiger partial charge in [0.1, 0.15) is 18.4 Å². The van der Waals surface area contributed by atoms with Crippen LogP contribution in [0.2, 0.25) is 0 Å². The average Bonchev–Trinajstić information content (AvgIpc) is 3.46. The van der Waals surface area contributed by atoms with Gasteiger partial charge in [-0.25, -0.2) is 0 Å². The molecule has 0 aromatic heterocycles. The Balaban J connectivity index is 0.723. The number of hydrogen-bond acceptors (Lipinski definition) is 14. The number of aliphatic hydroxyl groups excluding tert-OH is 1. The molecule has 2 aromatic carbocycles. The molecular formula is C41H58N6O10. The Morgan fingerprint density at radius 2 is 1.35 bits per heavy atom. The average molecular weight is 795 g/mol. The number of aliphatic hydroxyl groups is 1. The van der Waals surface area contributed by atoms with E-state index < -0.39 is 29.7 Å². The van der Waals surface area contributed by atoms with Gasteiger partial charge in [0.25, 0.3) is 11.8 Å². The number of imide groups is 2. The number of carbonyl (C=O) groups excluding carboxylic acids is 4. The minimum Gasteiger partial charge on any atom is -0.491 e. The lowest BCUT2D eigenvalue weighted by molar-refractivity contribution is -0.136. The number of carbonyl (C=O) groups is 4. The number of rotatable bonds is 22. The number of anilines is 2. The van der Waals surface area contributed by atoms with Gasteiger partial charge in [-0.05, 0) is 73.9 Å². The number of piperidine rings is 1. The lowest BCUT2D eigenvalue weighted by atomic mass is 9.86. The van der Waals surface area contributed by atoms with Gasteiger partial charge in [-0.1, -0.05) is 6.07 Å². The minimum atomic E-state index is -1.01. The molecular weight excluding hydrogens is 736 g/mol. The van der Waals surface area contributed by atoms with Crippen molar-refractivity contribution in [3.8, 4) is 5.75 Å². The number of nitrogens with zero attached hydrogens (tertiary/aromatic N) is 3. The Morgan fingerprint density at radius 1 is 0.719 bits per heavy atom. The predicted octanol–water partition coefficient (Wildman–Crippen LogP) is 1.90. The summed E-state index contributed by atoms with van der Waals surface area (Å²) < 4.78 is 28.2. The Bertz CT molecular complexity index is 1660. The van der Waals surface area contributed by atoms with Gasteiger partial charge in [0.15, 0.2) is 0 Å². The van der Waals surface area contributed by atoms with E-state index in [9.17, 15) is 24.3 Å². The van der Waals surface area contributed by atoms with E-state index in [0.29, 0.717) is 77.2 Å². The third kappa shape index (κ3) is 12.2. The van der Waals surface area contributed by atoms with Gasteiger partial charge < -0.3 is 39.8 Å². The molecule has 16 heteroatoms. The third-order valence-electron chi connectivity index (χ3n) is 11.0. The van der Waals surface area contributed by atoms with Crippen LogP contribution in [0.3, 0.4) is 0 Å². The van der Waals surface area contributed by atoms with Gasteiger partial charge in [0, 0.05) is 58.3 Å². The van der Waals surface area contributed by atoms with Crippen LogP contribution in [-0.4, -0.2) is 154 Å². The van der Waals surface area contributed by atoms with Crippen LogP contribution >= 0.6 is 0 Å². The van der Waals surface area contributed by atoms with Crippen molar-refractivity contribution in [3.63, 3.8) is 0 Å². The molecule has 1 atom stereocenters. The van der Waals surface area contributed by atoms with E-state index in [2.05, 4.69) is 38.6 Å². The second-order valence-corrected chi connectivity index (χ2v) is 15.0. The maximum atomic E-state index is 13.0. The fourth-order valence-electron chi connectivity index (χ4n) is 7.69. The smallest absolute Gasteiger partial charge is 0.262 e. The number of ether oxygens (including phenoxy) is 5. The number of nitrogen functional groups attached to an aromatic ring is 1. The molecule has 0 spiro atoms. The van der Waals surface area contributed by atoms with Crippen molar-refractivity contribution in [2.75, 3.05) is 110 Å². The lowest BCUT2D eigenvalue weighted by Gasteiger charge is -2.34. The highest BCUT2D eigenvalue weighted by Gasteiger charge is 2.44. The molecule has 1 saturated carbocycles. The fraction of sp³-hybridized carbons (Fsp3) is 0.610. The molecule has 57 heavy (non-hydrogen) atoms. The lowest BCUT2D eigenvalue weighted by Crippen LogP contribution is -2.54. The molecule has 4 aliphatic rings. The van der Waals surface area contributed by atoms with E-state index in [4.69, 9.17) is 29.4 Å². The highest BCUT2D eigenvalue weighted by Crippen LogP contribution is 2.31. The van der Waals surface area contributed by atoms with Gasteiger partial charge >= 0.3 is 0 Å². The molecule has 3 heterocycles. The number of amides is 4. The van der Waals surface area contributed by atoms with Crippen LogP contribution < -0.4 is 21.1 Å². The van der Waals surface area contributed by atoms with Crippen molar-refractivity contribution >= 4 is 35.0 Å². The van der Waals surface area contributed by atoms with Crippen LogP contribution in [0.5, 0.6) is 5.75 Å². The van der Waals surface area contributed by atoms with Crippen LogP contribution in [0, 0.1) is 5.92 Å². The van der Waals surface area contributed by atoms with E-state index in [1.807, 2.05) is 0 Å². The van der Waals surface area contributed by atoms with Gasteiger partial charge in [0.2, 0.25) is 11.8 Å². The largest absolute Gasteiger partial charge is 0.491 e. The molecule has 2 aromatic rings. The second kappa shape index (κ2) is 21.6. The highest BCUT2D eigenvalue weighted by molar-refractivity contribution is 6.23. The molecule has 0 radical (unpaired) electrons. The Hall–Kier alpha value is -4.16. The van der Waals surface area contributed by atoms with Gasteiger partial charge in [-0.15, -0.1) is 0 Å². The molecule has 3 aliphatic heterocycles. The molecule has 5 N–H and O–H groups in total. The minimum absolute atomic E-state index is 0.0660. The molecule has 4 amide bonds. The Kier molecular flexibility index (Phi) is 16.1. The summed E-state index contributed by atoms with van der Waals surface area (Å²) in [6.07, 6.45) is 4.44. The summed E-state index contributed by atoms with van der Waals surface area (Å²) in [6.45, 7) is 10.1. The van der Waals surface area contributed by atoms with Gasteiger partial charge in [-0.3, -0.25) is 39.2 Å². The molecule has 1 unspecified atom stereocenters. The normalized spacial score (nSPS) is 21.8. The number of fused-ring (bicyclic) bond motifs is 1. The highest BCUT2D eigenvalue weighted by atomic mass is 16.6. The van der Waals surface area contributed by atoms with E-state index in [1.165, 1.54) is 17.7 Å². The first-order valence-corrected chi connectivity index (χ1v) is 20.3. The molecule has 2 saturated heterocycles. The van der Waals surface area contributed by atoms with E-state index in [0.717, 1.165) is 81.2 Å². The molecule has 0 bridgehead atoms. The topological polar surface area (TPSA) is 194 Å². The van der Waals surface area contributed by atoms with Crippen LogP contribution in [0.4, 0.5) is 11.4 Å². The number of nitrogens with one attached hydrogen (secondary N) is 2. The summed E-state index contributed by atoms with van der Waals surface area (Å²) in [6, 6.07) is 10.4. The Labute approximate surface area is 334 Å². The van der Waals surface area contributed by atoms with Gasteiger partial charge in [-0.2, -0.15) is 0 Å². The number of hydrogen-bond donors (Lipinski definition) is 4. The molecule has 312 valence electrons. The van der Waals surface area contributed by atoms with Crippen LogP contribution in [0.1, 0.15) is 64.8 Å². The third-order valence-corrected chi connectivity index (χ3v) is 11.0. The van der Waals surface area contributed by atoms with Crippen LogP contribution in [0.15, 0.2) is 36.4 Å². The van der Waals surface area contributed by atoms with E-state index in [-0.39, 0.29) is 30.6 Å². The van der Waals surface area contributed by atoms with Crippen molar-refractivity contribution in [1.29, 1.82) is 0 Å².